The molecule has 0 saturated heterocycles. The van der Waals surface area contributed by atoms with Crippen LogP contribution in [0.2, 0.25) is 0 Å². The lowest BCUT2D eigenvalue weighted by atomic mass is 10.3. The Bertz CT molecular complexity index is 1060. The molecule has 0 spiro atoms. The van der Waals surface area contributed by atoms with Crippen molar-refractivity contribution in [2.45, 2.75) is 19.6 Å². The fraction of sp³-hybridized carbons (Fsp3) is 0. The van der Waals surface area contributed by atoms with Gasteiger partial charge in [-0.25, -0.2) is 25.6 Å². The van der Waals surface area contributed by atoms with E-state index in [0.29, 0.717) is 0 Å². The molecule has 3 rings (SSSR count). The van der Waals surface area contributed by atoms with Gasteiger partial charge in [0.15, 0.2) is 0 Å². The fourth-order valence-electron chi connectivity index (χ4n) is 2.31. The Balaban J connectivity index is 2.08. The van der Waals surface area contributed by atoms with Crippen molar-refractivity contribution in [2.24, 2.45) is 0 Å². The second kappa shape index (κ2) is 6.62. The van der Waals surface area contributed by atoms with Crippen LogP contribution < -0.4 is 0 Å². The Kier molecular flexibility index (Phi) is 4.64. The largest absolute Gasteiger partial charge is 0.219 e. The molecule has 0 radical (unpaired) electrons. The molecular formula is C18H12F2O4S2. The summed E-state index contributed by atoms with van der Waals surface area (Å²) in [5.41, 5.74) is 0. The molecule has 0 aliphatic rings. The topological polar surface area (TPSA) is 68.3 Å². The number of hydrogen-bond donors (Lipinski definition) is 0. The summed E-state index contributed by atoms with van der Waals surface area (Å²) in [4.78, 5) is -0.801. The highest BCUT2D eigenvalue weighted by Crippen LogP contribution is 2.26. The number of rotatable bonds is 4. The fourth-order valence-corrected chi connectivity index (χ4v) is 5.00. The average molecular weight is 394 g/mol. The molecule has 0 unspecified atom stereocenters. The predicted molar refractivity (Wildman–Crippen MR) is 90.1 cm³/mol. The van der Waals surface area contributed by atoms with Crippen LogP contribution in [0.15, 0.2) is 92.4 Å². The molecule has 0 aliphatic heterocycles. The van der Waals surface area contributed by atoms with Crippen LogP contribution in [0.4, 0.5) is 8.78 Å². The van der Waals surface area contributed by atoms with Gasteiger partial charge in [0.1, 0.15) is 11.6 Å². The van der Waals surface area contributed by atoms with Gasteiger partial charge in [-0.15, -0.1) is 0 Å². The van der Waals surface area contributed by atoms with Crippen LogP contribution in [0.1, 0.15) is 0 Å². The maximum Gasteiger partial charge on any atom is 0.206 e. The number of benzene rings is 3. The first-order valence-corrected chi connectivity index (χ1v) is 10.3. The monoisotopic (exact) mass is 394 g/mol. The van der Waals surface area contributed by atoms with Crippen molar-refractivity contribution in [2.75, 3.05) is 0 Å². The van der Waals surface area contributed by atoms with Crippen molar-refractivity contribution in [1.82, 2.24) is 0 Å². The zero-order valence-electron chi connectivity index (χ0n) is 13.1. The summed E-state index contributed by atoms with van der Waals surface area (Å²) in [7, 11) is -8.04. The van der Waals surface area contributed by atoms with Gasteiger partial charge in [0, 0.05) is 0 Å². The third kappa shape index (κ3) is 3.38. The highest BCUT2D eigenvalue weighted by molar-refractivity contribution is 7.92. The van der Waals surface area contributed by atoms with Crippen LogP contribution in [0.5, 0.6) is 0 Å². The molecule has 0 heterocycles. The lowest BCUT2D eigenvalue weighted by molar-refractivity contribution is 0.593. The first-order chi connectivity index (χ1) is 12.2. The Hall–Kier alpha value is -2.58. The van der Waals surface area contributed by atoms with Gasteiger partial charge in [0.2, 0.25) is 19.7 Å². The van der Waals surface area contributed by atoms with Crippen molar-refractivity contribution >= 4 is 19.7 Å². The van der Waals surface area contributed by atoms with Crippen LogP contribution in [-0.4, -0.2) is 16.8 Å². The van der Waals surface area contributed by atoms with E-state index in [4.69, 9.17) is 0 Å². The van der Waals surface area contributed by atoms with Crippen molar-refractivity contribution in [3.8, 4) is 0 Å². The number of halogens is 2. The van der Waals surface area contributed by atoms with Crippen LogP contribution in [0.3, 0.4) is 0 Å². The van der Waals surface area contributed by atoms with E-state index in [9.17, 15) is 25.6 Å². The number of hydrogen-bond acceptors (Lipinski definition) is 4. The average Bonchev–Trinajstić information content (AvgIpc) is 2.62. The molecule has 4 nitrogen and oxygen atoms in total. The Morgan fingerprint density at radius 1 is 0.500 bits per heavy atom. The van der Waals surface area contributed by atoms with Crippen LogP contribution in [-0.2, 0) is 19.7 Å². The second-order valence-corrected chi connectivity index (χ2v) is 9.29. The Labute approximate surface area is 149 Å². The highest BCUT2D eigenvalue weighted by atomic mass is 32.2. The Morgan fingerprint density at radius 3 is 1.19 bits per heavy atom. The molecule has 0 amide bonds. The molecular weight excluding hydrogens is 382 g/mol. The van der Waals surface area contributed by atoms with Crippen LogP contribution >= 0.6 is 0 Å². The summed E-state index contributed by atoms with van der Waals surface area (Å²) in [6.07, 6.45) is 0. The maximum absolute atomic E-state index is 13.0. The summed E-state index contributed by atoms with van der Waals surface area (Å²) in [5, 5.41) is 0. The minimum atomic E-state index is -4.02. The van der Waals surface area contributed by atoms with E-state index in [1.807, 2.05) is 0 Å². The molecule has 0 aliphatic carbocycles. The number of sulfone groups is 2. The third-order valence-electron chi connectivity index (χ3n) is 3.67. The summed E-state index contributed by atoms with van der Waals surface area (Å²) >= 11 is 0. The molecule has 0 atom stereocenters. The summed E-state index contributed by atoms with van der Waals surface area (Å²) in [6, 6.07) is 13.3. The van der Waals surface area contributed by atoms with E-state index in [2.05, 4.69) is 0 Å². The van der Waals surface area contributed by atoms with E-state index in [1.165, 1.54) is 18.2 Å². The molecule has 134 valence electrons. The molecule has 0 aromatic heterocycles. The molecule has 0 fully saturated rings. The molecule has 0 saturated carbocycles. The van der Waals surface area contributed by atoms with Gasteiger partial charge < -0.3 is 0 Å². The standard InChI is InChI=1S/C18H12F2O4S2/c19-13-4-8-15(9-5-13)25(21,22)17-2-1-3-18(12-17)26(23,24)16-10-6-14(20)7-11-16/h1-12H. The summed E-state index contributed by atoms with van der Waals surface area (Å²) in [5.74, 6) is -1.17. The van der Waals surface area contributed by atoms with Crippen LogP contribution in [0.25, 0.3) is 0 Å². The van der Waals surface area contributed by atoms with Gasteiger partial charge >= 0.3 is 0 Å². The molecule has 26 heavy (non-hydrogen) atoms. The lowest BCUT2D eigenvalue weighted by Crippen LogP contribution is -2.06. The molecule has 8 heteroatoms. The molecule has 3 aromatic carbocycles. The van der Waals surface area contributed by atoms with Crippen molar-refractivity contribution in [3.05, 3.63) is 84.4 Å². The summed E-state index contributed by atoms with van der Waals surface area (Å²) < 4.78 is 76.6. The zero-order valence-corrected chi connectivity index (χ0v) is 14.8. The van der Waals surface area contributed by atoms with Gasteiger partial charge in [-0.3, -0.25) is 0 Å². The highest BCUT2D eigenvalue weighted by Gasteiger charge is 2.23. The van der Waals surface area contributed by atoms with Crippen molar-refractivity contribution in [3.63, 3.8) is 0 Å². The molecule has 3 aromatic rings. The van der Waals surface area contributed by atoms with Crippen molar-refractivity contribution < 1.29 is 25.6 Å². The van der Waals surface area contributed by atoms with Gasteiger partial charge in [0.05, 0.1) is 19.6 Å². The molecule has 0 bridgehead atoms. The second-order valence-electron chi connectivity index (χ2n) is 5.39. The van der Waals surface area contributed by atoms with E-state index in [0.717, 1.165) is 54.6 Å². The van der Waals surface area contributed by atoms with E-state index < -0.39 is 31.3 Å². The van der Waals surface area contributed by atoms with E-state index in [1.54, 1.807) is 0 Å². The van der Waals surface area contributed by atoms with Gasteiger partial charge in [0.25, 0.3) is 0 Å². The predicted octanol–water partition coefficient (Wildman–Crippen LogP) is 3.63. The first kappa shape index (κ1) is 18.2. The lowest BCUT2D eigenvalue weighted by Gasteiger charge is -2.08. The molecule has 0 N–H and O–H groups in total. The van der Waals surface area contributed by atoms with E-state index >= 15 is 0 Å². The minimum Gasteiger partial charge on any atom is -0.219 e. The SMILES string of the molecule is O=S(=O)(c1ccc(F)cc1)c1cccc(S(=O)(=O)c2ccc(F)cc2)c1. The first-order valence-electron chi connectivity index (χ1n) is 7.33. The van der Waals surface area contributed by atoms with E-state index in [-0.39, 0.29) is 19.6 Å². The van der Waals surface area contributed by atoms with Gasteiger partial charge in [-0.1, -0.05) is 6.07 Å². The van der Waals surface area contributed by atoms with Crippen molar-refractivity contribution in [1.29, 1.82) is 0 Å². The van der Waals surface area contributed by atoms with Gasteiger partial charge in [-0.2, -0.15) is 0 Å². The third-order valence-corrected chi connectivity index (χ3v) is 7.21. The maximum atomic E-state index is 13.0. The Morgan fingerprint density at radius 2 is 0.846 bits per heavy atom. The quantitative estimate of drug-likeness (QED) is 0.634. The minimum absolute atomic E-state index is 0.157. The van der Waals surface area contributed by atoms with Crippen LogP contribution in [0, 0.1) is 11.6 Å². The smallest absolute Gasteiger partial charge is 0.206 e. The zero-order chi connectivity index (χ0) is 18.9. The summed E-state index contributed by atoms with van der Waals surface area (Å²) in [6.45, 7) is 0. The normalized spacial score (nSPS) is 12.1. The van der Waals surface area contributed by atoms with Gasteiger partial charge in [-0.05, 0) is 66.7 Å².